The van der Waals surface area contributed by atoms with Gasteiger partial charge in [-0.1, -0.05) is 6.07 Å². The van der Waals surface area contributed by atoms with E-state index in [1.54, 1.807) is 0 Å². The molecule has 0 atom stereocenters. The smallest absolute Gasteiger partial charge is 0.145 e. The summed E-state index contributed by atoms with van der Waals surface area (Å²) < 4.78 is 2.99. The largest absolute Gasteiger partial charge is 0.372 e. The van der Waals surface area contributed by atoms with Crippen molar-refractivity contribution >= 4 is 33.7 Å². The highest BCUT2D eigenvalue weighted by molar-refractivity contribution is 9.10. The fraction of sp³-hybridized carbons (Fsp3) is 0.333. The molecule has 0 amide bonds. The Hall–Kier alpha value is -1.36. The maximum Gasteiger partial charge on any atom is 0.145 e. The summed E-state index contributed by atoms with van der Waals surface area (Å²) in [6.07, 6.45) is 5.26. The number of aldehydes is 1. The number of nitrogens with one attached hydrogen (secondary N) is 1. The average molecular weight is 296 g/mol. The predicted octanol–water partition coefficient (Wildman–Crippen LogP) is 2.73. The molecule has 0 saturated heterocycles. The molecule has 2 aromatic heterocycles. The zero-order chi connectivity index (χ0) is 12.3. The van der Waals surface area contributed by atoms with E-state index in [0.29, 0.717) is 5.92 Å². The van der Waals surface area contributed by atoms with Crippen LogP contribution in [0.1, 0.15) is 12.8 Å². The van der Waals surface area contributed by atoms with Crippen molar-refractivity contribution < 1.29 is 4.79 Å². The molecule has 3 rings (SSSR count). The normalized spacial score (nSPS) is 14.0. The van der Waals surface area contributed by atoms with Gasteiger partial charge in [-0.2, -0.15) is 0 Å². The van der Waals surface area contributed by atoms with Crippen molar-refractivity contribution in [3.8, 4) is 0 Å². The van der Waals surface area contributed by atoms with Crippen LogP contribution in [0.4, 0.5) is 5.82 Å². The number of imidazole rings is 1. The second kappa shape index (κ2) is 5.31. The predicted molar refractivity (Wildman–Crippen MR) is 71.2 cm³/mol. The summed E-state index contributed by atoms with van der Waals surface area (Å²) in [6.45, 7) is 0. The van der Waals surface area contributed by atoms with E-state index in [9.17, 15) is 4.79 Å². The Labute approximate surface area is 108 Å². The molecule has 0 radical (unpaired) electrons. The second-order valence-electron chi connectivity index (χ2n) is 3.93. The first-order chi connectivity index (χ1) is 8.24. The molecule has 5 heteroatoms. The quantitative estimate of drug-likeness (QED) is 0.684. The van der Waals surface area contributed by atoms with Gasteiger partial charge in [-0.25, -0.2) is 4.98 Å². The minimum absolute atomic E-state index is 0.454. The summed E-state index contributed by atoms with van der Waals surface area (Å²) in [5.41, 5.74) is 0.939. The van der Waals surface area contributed by atoms with Gasteiger partial charge in [-0.05, 0) is 40.9 Å². The Morgan fingerprint density at radius 3 is 2.76 bits per heavy atom. The van der Waals surface area contributed by atoms with Crippen molar-refractivity contribution in [2.24, 2.45) is 5.92 Å². The van der Waals surface area contributed by atoms with Crippen LogP contribution < -0.4 is 5.32 Å². The molecule has 1 saturated carbocycles. The lowest BCUT2D eigenvalue weighted by atomic mass is 10.5. The van der Waals surface area contributed by atoms with Crippen LogP contribution in [-0.4, -0.2) is 22.7 Å². The molecule has 1 fully saturated rings. The maximum atomic E-state index is 9.57. The summed E-state index contributed by atoms with van der Waals surface area (Å²) >= 11 is 3.43. The Morgan fingerprint density at radius 2 is 2.29 bits per heavy atom. The van der Waals surface area contributed by atoms with Gasteiger partial charge in [-0.3, -0.25) is 4.40 Å². The van der Waals surface area contributed by atoms with Gasteiger partial charge in [0.15, 0.2) is 0 Å². The highest BCUT2D eigenvalue weighted by Crippen LogP contribution is 2.25. The number of hydrogen-bond acceptors (Lipinski definition) is 3. The second-order valence-corrected chi connectivity index (χ2v) is 4.74. The summed E-state index contributed by atoms with van der Waals surface area (Å²) in [5, 5.41) is 2.99. The zero-order valence-corrected chi connectivity index (χ0v) is 11.1. The third-order valence-electron chi connectivity index (χ3n) is 2.51. The Kier molecular flexibility index (Phi) is 3.78. The van der Waals surface area contributed by atoms with Crippen molar-refractivity contribution in [2.75, 3.05) is 12.4 Å². The van der Waals surface area contributed by atoms with E-state index in [0.717, 1.165) is 35.2 Å². The molecule has 1 N–H and O–H groups in total. The van der Waals surface area contributed by atoms with Crippen molar-refractivity contribution in [1.82, 2.24) is 9.38 Å². The number of hydrogen-bond donors (Lipinski definition) is 1. The number of rotatable bonds is 2. The molecule has 0 aliphatic heterocycles. The van der Waals surface area contributed by atoms with Crippen molar-refractivity contribution in [3.63, 3.8) is 0 Å². The number of halogens is 1. The average Bonchev–Trinajstić information content (AvgIpc) is 3.09. The molecule has 17 heavy (non-hydrogen) atoms. The van der Waals surface area contributed by atoms with E-state index in [-0.39, 0.29) is 0 Å². The van der Waals surface area contributed by atoms with Crippen LogP contribution >= 0.6 is 15.9 Å². The summed E-state index contributed by atoms with van der Waals surface area (Å²) in [6, 6.07) is 5.91. The molecule has 2 heterocycles. The van der Waals surface area contributed by atoms with Crippen LogP contribution in [-0.2, 0) is 4.79 Å². The molecule has 90 valence electrons. The van der Waals surface area contributed by atoms with E-state index in [1.165, 1.54) is 0 Å². The number of carbonyl (C=O) groups excluding carboxylic acids is 1. The minimum Gasteiger partial charge on any atom is -0.372 e. The van der Waals surface area contributed by atoms with Crippen LogP contribution in [0.5, 0.6) is 0 Å². The number of pyridine rings is 1. The first kappa shape index (κ1) is 12.1. The lowest BCUT2D eigenvalue weighted by molar-refractivity contribution is -0.108. The summed E-state index contributed by atoms with van der Waals surface area (Å²) in [7, 11) is 1.86. The van der Waals surface area contributed by atoms with Gasteiger partial charge in [0, 0.05) is 13.0 Å². The van der Waals surface area contributed by atoms with Gasteiger partial charge >= 0.3 is 0 Å². The molecular weight excluding hydrogens is 282 g/mol. The van der Waals surface area contributed by atoms with E-state index in [4.69, 9.17) is 0 Å². The highest BCUT2D eigenvalue weighted by Gasteiger charge is 2.18. The fourth-order valence-electron chi connectivity index (χ4n) is 1.33. The van der Waals surface area contributed by atoms with Gasteiger partial charge in [0.05, 0.1) is 10.8 Å². The molecule has 4 nitrogen and oxygen atoms in total. The number of nitrogens with zero attached hydrogens (tertiary/aromatic N) is 2. The molecule has 0 spiro atoms. The monoisotopic (exact) mass is 295 g/mol. The standard InChI is InChI=1S/C8H8BrN3.C4H6O/c1-10-7-5-12-6(9)3-2-4-8(12)11-7;5-3-4-1-2-4/h2-5,10H,1H3;3-4H,1-2H2. The van der Waals surface area contributed by atoms with Gasteiger partial charge < -0.3 is 10.1 Å². The number of aromatic nitrogens is 2. The van der Waals surface area contributed by atoms with Gasteiger partial charge in [0.25, 0.3) is 0 Å². The maximum absolute atomic E-state index is 9.57. The third kappa shape index (κ3) is 3.06. The number of fused-ring (bicyclic) bond motifs is 1. The zero-order valence-electron chi connectivity index (χ0n) is 9.56. The van der Waals surface area contributed by atoms with Crippen LogP contribution in [0.15, 0.2) is 29.0 Å². The lowest BCUT2D eigenvalue weighted by Gasteiger charge is -1.93. The summed E-state index contributed by atoms with van der Waals surface area (Å²) in [5.74, 6) is 1.33. The Balaban J connectivity index is 0.000000181. The minimum atomic E-state index is 0.454. The van der Waals surface area contributed by atoms with Crippen LogP contribution in [0, 0.1) is 5.92 Å². The van der Waals surface area contributed by atoms with Crippen LogP contribution in [0.25, 0.3) is 5.65 Å². The molecule has 2 aromatic rings. The lowest BCUT2D eigenvalue weighted by Crippen LogP contribution is -1.85. The van der Waals surface area contributed by atoms with Gasteiger partial charge in [0.2, 0.25) is 0 Å². The molecule has 0 bridgehead atoms. The molecule has 0 aromatic carbocycles. The molecule has 1 aliphatic rings. The van der Waals surface area contributed by atoms with E-state index in [1.807, 2.05) is 35.8 Å². The molecular formula is C12H14BrN3O. The van der Waals surface area contributed by atoms with Gasteiger partial charge in [0.1, 0.15) is 17.8 Å². The SMILES string of the molecule is CNc1cn2c(Br)cccc2n1.O=CC1CC1. The van der Waals surface area contributed by atoms with Crippen molar-refractivity contribution in [3.05, 3.63) is 29.0 Å². The summed E-state index contributed by atoms with van der Waals surface area (Å²) in [4.78, 5) is 13.9. The van der Waals surface area contributed by atoms with E-state index < -0.39 is 0 Å². The van der Waals surface area contributed by atoms with Crippen LogP contribution in [0.3, 0.4) is 0 Å². The molecule has 1 aliphatic carbocycles. The number of anilines is 1. The fourth-order valence-corrected chi connectivity index (χ4v) is 1.77. The van der Waals surface area contributed by atoms with E-state index >= 15 is 0 Å². The topological polar surface area (TPSA) is 46.4 Å². The van der Waals surface area contributed by atoms with Crippen LogP contribution in [0.2, 0.25) is 0 Å². The Morgan fingerprint density at radius 1 is 1.53 bits per heavy atom. The highest BCUT2D eigenvalue weighted by atomic mass is 79.9. The van der Waals surface area contributed by atoms with Crippen molar-refractivity contribution in [2.45, 2.75) is 12.8 Å². The van der Waals surface area contributed by atoms with E-state index in [2.05, 4.69) is 26.2 Å². The first-order valence-corrected chi connectivity index (χ1v) is 6.30. The third-order valence-corrected chi connectivity index (χ3v) is 3.16. The molecule has 0 unspecified atom stereocenters. The van der Waals surface area contributed by atoms with Crippen molar-refractivity contribution in [1.29, 1.82) is 0 Å². The number of carbonyl (C=O) groups is 1. The van der Waals surface area contributed by atoms with Gasteiger partial charge in [-0.15, -0.1) is 0 Å². The first-order valence-electron chi connectivity index (χ1n) is 5.51. The Bertz CT molecular complexity index is 519.